The molecule has 26 heavy (non-hydrogen) atoms. The summed E-state index contributed by atoms with van der Waals surface area (Å²) in [5, 5.41) is 10.9. The van der Waals surface area contributed by atoms with Crippen molar-refractivity contribution in [2.45, 2.75) is 19.3 Å². The molecule has 0 N–H and O–H groups in total. The van der Waals surface area contributed by atoms with Gasteiger partial charge in [0.2, 0.25) is 5.91 Å². The summed E-state index contributed by atoms with van der Waals surface area (Å²) < 4.78 is 5.62. The van der Waals surface area contributed by atoms with E-state index < -0.39 is 11.9 Å². The number of aliphatic carboxylic acids is 1. The number of carboxylic acids is 1. The Labute approximate surface area is 160 Å². The summed E-state index contributed by atoms with van der Waals surface area (Å²) in [5.74, 6) is -1.32. The normalized spacial score (nSPS) is 20.2. The van der Waals surface area contributed by atoms with Gasteiger partial charge in [-0.15, -0.1) is 0 Å². The van der Waals surface area contributed by atoms with Crippen molar-refractivity contribution in [2.75, 3.05) is 19.6 Å². The molecule has 3 heterocycles. The number of amides is 2. The number of nitrogens with zero attached hydrogens (tertiary/aromatic N) is 2. The third-order valence-corrected chi connectivity index (χ3v) is 5.80. The van der Waals surface area contributed by atoms with E-state index in [0.717, 1.165) is 0 Å². The number of furan rings is 1. The minimum Gasteiger partial charge on any atom is -0.550 e. The number of hydrogen-bond donors (Lipinski definition) is 0. The zero-order valence-electron chi connectivity index (χ0n) is 13.9. The Morgan fingerprint density at radius 3 is 2.73 bits per heavy atom. The van der Waals surface area contributed by atoms with Crippen LogP contribution in [0.15, 0.2) is 27.7 Å². The SMILES string of the molecule is O=C([O-])C1CCN(C(=O)CCN2C(=O)/C(=C/c3ccco3)SC2=S)CC1. The van der Waals surface area contributed by atoms with Crippen LogP contribution in [0, 0.1) is 5.92 Å². The van der Waals surface area contributed by atoms with Crippen LogP contribution >= 0.6 is 24.0 Å². The van der Waals surface area contributed by atoms with Crippen molar-refractivity contribution in [3.05, 3.63) is 29.1 Å². The molecule has 3 rings (SSSR count). The molecular formula is C17H17N2O5S2-. The quantitative estimate of drug-likeness (QED) is 0.541. The monoisotopic (exact) mass is 393 g/mol. The lowest BCUT2D eigenvalue weighted by molar-refractivity contribution is -0.312. The first-order valence-corrected chi connectivity index (χ1v) is 9.45. The summed E-state index contributed by atoms with van der Waals surface area (Å²) in [6, 6.07) is 3.47. The second kappa shape index (κ2) is 8.05. The molecule has 0 unspecified atom stereocenters. The van der Waals surface area contributed by atoms with Crippen LogP contribution in [-0.2, 0) is 14.4 Å². The zero-order valence-corrected chi connectivity index (χ0v) is 15.5. The lowest BCUT2D eigenvalue weighted by atomic mass is 9.97. The number of carbonyl (C=O) groups is 3. The largest absolute Gasteiger partial charge is 0.550 e. The molecule has 1 aromatic heterocycles. The maximum absolute atomic E-state index is 12.5. The fraction of sp³-hybridized carbons (Fsp3) is 0.412. The van der Waals surface area contributed by atoms with E-state index in [9.17, 15) is 19.5 Å². The molecule has 0 radical (unpaired) electrons. The van der Waals surface area contributed by atoms with Crippen molar-refractivity contribution in [1.29, 1.82) is 0 Å². The molecule has 9 heteroatoms. The topological polar surface area (TPSA) is 93.9 Å². The average molecular weight is 393 g/mol. The van der Waals surface area contributed by atoms with E-state index in [4.69, 9.17) is 16.6 Å². The molecule has 0 saturated carbocycles. The van der Waals surface area contributed by atoms with E-state index in [0.29, 0.717) is 40.9 Å². The highest BCUT2D eigenvalue weighted by atomic mass is 32.2. The minimum atomic E-state index is -1.06. The highest BCUT2D eigenvalue weighted by Crippen LogP contribution is 2.32. The second-order valence-corrected chi connectivity index (χ2v) is 7.75. The molecule has 2 aliphatic heterocycles. The lowest BCUT2D eigenvalue weighted by Gasteiger charge is -2.32. The number of likely N-dealkylation sites (tertiary alicyclic amines) is 1. The summed E-state index contributed by atoms with van der Waals surface area (Å²) in [5.41, 5.74) is 0. The molecule has 1 aromatic rings. The number of carbonyl (C=O) groups excluding carboxylic acids is 3. The molecule has 0 atom stereocenters. The fourth-order valence-electron chi connectivity index (χ4n) is 2.93. The first-order chi connectivity index (χ1) is 12.5. The molecule has 0 bridgehead atoms. The number of carboxylic acid groups (broad SMARTS) is 1. The molecule has 2 amide bonds. The first kappa shape index (κ1) is 18.7. The van der Waals surface area contributed by atoms with Crippen LogP contribution in [0.1, 0.15) is 25.0 Å². The Bertz CT molecular complexity index is 751. The summed E-state index contributed by atoms with van der Waals surface area (Å²) in [6.45, 7) is 1.00. The third kappa shape index (κ3) is 4.16. The van der Waals surface area contributed by atoms with E-state index in [2.05, 4.69) is 0 Å². The summed E-state index contributed by atoms with van der Waals surface area (Å²) in [6.07, 6.45) is 4.11. The Kier molecular flexibility index (Phi) is 5.77. The maximum atomic E-state index is 12.5. The molecule has 7 nitrogen and oxygen atoms in total. The number of piperidine rings is 1. The molecule has 2 fully saturated rings. The van der Waals surface area contributed by atoms with Gasteiger partial charge in [-0.2, -0.15) is 0 Å². The predicted molar refractivity (Wildman–Crippen MR) is 97.5 cm³/mol. The van der Waals surface area contributed by atoms with Crippen LogP contribution < -0.4 is 5.11 Å². The number of thiocarbonyl (C=S) groups is 1. The lowest BCUT2D eigenvalue weighted by Crippen LogP contribution is -2.44. The fourth-order valence-corrected chi connectivity index (χ4v) is 4.21. The van der Waals surface area contributed by atoms with Crippen LogP contribution in [-0.4, -0.2) is 51.5 Å². The highest BCUT2D eigenvalue weighted by molar-refractivity contribution is 8.26. The van der Waals surface area contributed by atoms with E-state index in [-0.39, 0.29) is 24.8 Å². The van der Waals surface area contributed by atoms with Crippen LogP contribution in [0.3, 0.4) is 0 Å². The van der Waals surface area contributed by atoms with Gasteiger partial charge in [0, 0.05) is 44.0 Å². The number of thioether (sulfide) groups is 1. The molecule has 0 aliphatic carbocycles. The van der Waals surface area contributed by atoms with Gasteiger partial charge in [0.05, 0.1) is 11.2 Å². The maximum Gasteiger partial charge on any atom is 0.266 e. The van der Waals surface area contributed by atoms with Crippen molar-refractivity contribution in [2.24, 2.45) is 5.92 Å². The molecule has 2 saturated heterocycles. The van der Waals surface area contributed by atoms with Gasteiger partial charge in [-0.25, -0.2) is 0 Å². The molecule has 138 valence electrons. The molecule has 2 aliphatic rings. The summed E-state index contributed by atoms with van der Waals surface area (Å²) in [7, 11) is 0. The third-order valence-electron chi connectivity index (χ3n) is 4.42. The van der Waals surface area contributed by atoms with Crippen molar-refractivity contribution in [1.82, 2.24) is 9.80 Å². The summed E-state index contributed by atoms with van der Waals surface area (Å²) >= 11 is 6.42. The van der Waals surface area contributed by atoms with Crippen molar-refractivity contribution < 1.29 is 23.9 Å². The summed E-state index contributed by atoms with van der Waals surface area (Å²) in [4.78, 5) is 39.2. The van der Waals surface area contributed by atoms with Gasteiger partial charge in [-0.05, 0) is 25.0 Å². The standard InChI is InChI=1S/C17H18N2O5S2/c20-14(18-6-3-11(4-7-18)16(22)23)5-8-19-15(21)13(26-17(19)25)10-12-2-1-9-24-12/h1-2,9-11H,3-8H2,(H,22,23)/p-1/b13-10-. The van der Waals surface area contributed by atoms with Crippen LogP contribution in [0.25, 0.3) is 6.08 Å². The van der Waals surface area contributed by atoms with Crippen LogP contribution in [0.4, 0.5) is 0 Å². The van der Waals surface area contributed by atoms with Crippen molar-refractivity contribution >= 4 is 52.2 Å². The molecule has 0 aromatic carbocycles. The van der Waals surface area contributed by atoms with Crippen LogP contribution in [0.5, 0.6) is 0 Å². The Hall–Kier alpha value is -2.13. The minimum absolute atomic E-state index is 0.106. The highest BCUT2D eigenvalue weighted by Gasteiger charge is 2.33. The average Bonchev–Trinajstić information content (AvgIpc) is 3.22. The van der Waals surface area contributed by atoms with Gasteiger partial charge in [0.15, 0.2) is 0 Å². The van der Waals surface area contributed by atoms with Crippen molar-refractivity contribution in [3.63, 3.8) is 0 Å². The number of hydrogen-bond acceptors (Lipinski definition) is 7. The van der Waals surface area contributed by atoms with Gasteiger partial charge in [-0.1, -0.05) is 24.0 Å². The van der Waals surface area contributed by atoms with E-state index in [1.807, 2.05) is 0 Å². The molecular weight excluding hydrogens is 376 g/mol. The van der Waals surface area contributed by atoms with Gasteiger partial charge in [0.1, 0.15) is 10.1 Å². The predicted octanol–water partition coefficient (Wildman–Crippen LogP) is 0.859. The Morgan fingerprint density at radius 1 is 1.38 bits per heavy atom. The Balaban J connectivity index is 1.53. The van der Waals surface area contributed by atoms with Gasteiger partial charge in [-0.3, -0.25) is 14.5 Å². The van der Waals surface area contributed by atoms with Gasteiger partial charge < -0.3 is 19.2 Å². The van der Waals surface area contributed by atoms with Crippen molar-refractivity contribution in [3.8, 4) is 0 Å². The smallest absolute Gasteiger partial charge is 0.266 e. The van der Waals surface area contributed by atoms with E-state index in [1.54, 1.807) is 23.1 Å². The Morgan fingerprint density at radius 2 is 2.12 bits per heavy atom. The molecule has 0 spiro atoms. The van der Waals surface area contributed by atoms with Gasteiger partial charge in [0.25, 0.3) is 5.91 Å². The second-order valence-electron chi connectivity index (χ2n) is 6.07. The van der Waals surface area contributed by atoms with E-state index >= 15 is 0 Å². The van der Waals surface area contributed by atoms with Crippen LogP contribution in [0.2, 0.25) is 0 Å². The zero-order chi connectivity index (χ0) is 18.7. The van der Waals surface area contributed by atoms with E-state index in [1.165, 1.54) is 22.9 Å². The van der Waals surface area contributed by atoms with Gasteiger partial charge >= 0.3 is 0 Å². The number of rotatable bonds is 5. The first-order valence-electron chi connectivity index (χ1n) is 8.23.